The number of aromatic amines is 1. The van der Waals surface area contributed by atoms with Crippen molar-refractivity contribution in [2.45, 2.75) is 6.92 Å². The number of pyridine rings is 3. The van der Waals surface area contributed by atoms with Gasteiger partial charge in [-0.25, -0.2) is 4.98 Å². The van der Waals surface area contributed by atoms with Gasteiger partial charge in [0.1, 0.15) is 19.4 Å². The van der Waals surface area contributed by atoms with Gasteiger partial charge >= 0.3 is 0 Å². The molecule has 0 atom stereocenters. The third kappa shape index (κ3) is 4.35. The Balaban J connectivity index is 1.51. The Labute approximate surface area is 187 Å². The molecule has 162 valence electrons. The number of hydrogen-bond acceptors (Lipinski definition) is 7. The van der Waals surface area contributed by atoms with E-state index in [1.165, 1.54) is 0 Å². The molecule has 0 amide bonds. The minimum atomic E-state index is 0.787. The van der Waals surface area contributed by atoms with Gasteiger partial charge in [0.15, 0.2) is 0 Å². The van der Waals surface area contributed by atoms with Crippen molar-refractivity contribution in [1.29, 1.82) is 0 Å². The molecular formula is C23H26BN7O. The van der Waals surface area contributed by atoms with E-state index in [2.05, 4.69) is 31.5 Å². The topological polar surface area (TPSA) is 91.8 Å². The molecule has 1 aliphatic rings. The Morgan fingerprint density at radius 1 is 1.09 bits per heavy atom. The molecule has 1 aliphatic heterocycles. The van der Waals surface area contributed by atoms with E-state index in [0.29, 0.717) is 0 Å². The molecular weight excluding hydrogens is 401 g/mol. The molecule has 0 aromatic carbocycles. The summed E-state index contributed by atoms with van der Waals surface area (Å²) in [5.74, 6) is 0.851. The Morgan fingerprint density at radius 3 is 2.81 bits per heavy atom. The lowest BCUT2D eigenvalue weighted by atomic mass is 9.98. The van der Waals surface area contributed by atoms with Crippen LogP contribution in [0.25, 0.3) is 33.7 Å². The van der Waals surface area contributed by atoms with Crippen molar-refractivity contribution in [1.82, 2.24) is 30.0 Å². The number of ether oxygens (including phenoxy) is 1. The van der Waals surface area contributed by atoms with E-state index >= 15 is 0 Å². The monoisotopic (exact) mass is 427 g/mol. The zero-order valence-corrected chi connectivity index (χ0v) is 18.4. The van der Waals surface area contributed by atoms with Crippen molar-refractivity contribution in [3.63, 3.8) is 0 Å². The fraction of sp³-hybridized carbons (Fsp3) is 0.304. The number of rotatable bonds is 6. The van der Waals surface area contributed by atoms with Crippen LogP contribution in [-0.4, -0.2) is 77.3 Å². The molecule has 0 radical (unpaired) electrons. The van der Waals surface area contributed by atoms with E-state index in [0.717, 1.165) is 90.0 Å². The van der Waals surface area contributed by atoms with Crippen molar-refractivity contribution in [3.05, 3.63) is 48.3 Å². The number of aromatic nitrogens is 5. The fourth-order valence-electron chi connectivity index (χ4n) is 3.99. The highest BCUT2D eigenvalue weighted by atomic mass is 16.5. The van der Waals surface area contributed by atoms with Crippen molar-refractivity contribution in [3.8, 4) is 22.6 Å². The maximum Gasteiger partial charge on any atom is 0.141 e. The van der Waals surface area contributed by atoms with Gasteiger partial charge in [-0.1, -0.05) is 11.5 Å². The van der Waals surface area contributed by atoms with E-state index in [1.54, 1.807) is 0 Å². The van der Waals surface area contributed by atoms with Crippen LogP contribution >= 0.6 is 0 Å². The number of nitrogens with zero attached hydrogens (tertiary/aromatic N) is 5. The average molecular weight is 427 g/mol. The quantitative estimate of drug-likeness (QED) is 0.450. The van der Waals surface area contributed by atoms with Gasteiger partial charge in [0, 0.05) is 38.1 Å². The van der Waals surface area contributed by atoms with Crippen LogP contribution < -0.4 is 10.8 Å². The fourth-order valence-corrected chi connectivity index (χ4v) is 3.99. The summed E-state index contributed by atoms with van der Waals surface area (Å²) >= 11 is 0. The van der Waals surface area contributed by atoms with Gasteiger partial charge in [-0.15, -0.1) is 0 Å². The van der Waals surface area contributed by atoms with Crippen LogP contribution in [0.5, 0.6) is 0 Å². The Morgan fingerprint density at radius 2 is 1.97 bits per heavy atom. The zero-order valence-electron chi connectivity index (χ0n) is 18.4. The van der Waals surface area contributed by atoms with Crippen LogP contribution in [0.4, 0.5) is 5.82 Å². The first-order valence-corrected chi connectivity index (χ1v) is 11.0. The SMILES string of the molecule is Bc1cnc2ccc(-c3c(-c4cccc(C)n4)n[nH]c3NCCN3CCOCC3)nc2c1. The Kier molecular flexibility index (Phi) is 5.83. The van der Waals surface area contributed by atoms with Crippen LogP contribution in [0.1, 0.15) is 5.69 Å². The van der Waals surface area contributed by atoms with E-state index in [1.807, 2.05) is 51.3 Å². The summed E-state index contributed by atoms with van der Waals surface area (Å²) in [5.41, 5.74) is 7.14. The lowest BCUT2D eigenvalue weighted by Gasteiger charge is -2.26. The molecule has 4 aromatic rings. The van der Waals surface area contributed by atoms with Crippen molar-refractivity contribution >= 4 is 30.2 Å². The molecule has 2 N–H and O–H groups in total. The summed E-state index contributed by atoms with van der Waals surface area (Å²) in [6, 6.07) is 12.0. The first-order valence-electron chi connectivity index (χ1n) is 11.0. The number of H-pyrrole nitrogens is 1. The lowest BCUT2D eigenvalue weighted by molar-refractivity contribution is 0.0398. The van der Waals surface area contributed by atoms with Gasteiger partial charge in [0.05, 0.1) is 41.2 Å². The summed E-state index contributed by atoms with van der Waals surface area (Å²) in [6.07, 6.45) is 1.86. The third-order valence-electron chi connectivity index (χ3n) is 5.66. The molecule has 0 unspecified atom stereocenters. The van der Waals surface area contributed by atoms with E-state index in [9.17, 15) is 0 Å². The maximum atomic E-state index is 5.45. The first kappa shape index (κ1) is 20.6. The zero-order chi connectivity index (χ0) is 21.9. The number of nitrogens with one attached hydrogen (secondary N) is 2. The van der Waals surface area contributed by atoms with Crippen LogP contribution in [0.3, 0.4) is 0 Å². The summed E-state index contributed by atoms with van der Waals surface area (Å²) < 4.78 is 5.45. The Bertz CT molecular complexity index is 1240. The van der Waals surface area contributed by atoms with Crippen LogP contribution in [0.15, 0.2) is 42.6 Å². The second kappa shape index (κ2) is 9.06. The minimum absolute atomic E-state index is 0.787. The number of anilines is 1. The molecule has 1 fully saturated rings. The molecule has 0 bridgehead atoms. The van der Waals surface area contributed by atoms with Crippen molar-refractivity contribution < 1.29 is 4.74 Å². The molecule has 5 heterocycles. The average Bonchev–Trinajstić information content (AvgIpc) is 3.23. The van der Waals surface area contributed by atoms with Crippen LogP contribution in [-0.2, 0) is 4.74 Å². The largest absolute Gasteiger partial charge is 0.379 e. The normalized spacial score (nSPS) is 14.7. The molecule has 0 aliphatic carbocycles. The summed E-state index contributed by atoms with van der Waals surface area (Å²) in [4.78, 5) is 16.5. The van der Waals surface area contributed by atoms with Gasteiger partial charge in [0.25, 0.3) is 0 Å². The second-order valence-corrected chi connectivity index (χ2v) is 8.11. The molecule has 8 nitrogen and oxygen atoms in total. The molecule has 5 rings (SSSR count). The van der Waals surface area contributed by atoms with Gasteiger partial charge in [-0.2, -0.15) is 5.10 Å². The molecule has 1 saturated heterocycles. The van der Waals surface area contributed by atoms with Crippen molar-refractivity contribution in [2.75, 3.05) is 44.7 Å². The molecule has 0 saturated carbocycles. The third-order valence-corrected chi connectivity index (χ3v) is 5.66. The van der Waals surface area contributed by atoms with E-state index < -0.39 is 0 Å². The highest BCUT2D eigenvalue weighted by Crippen LogP contribution is 2.35. The molecule has 9 heteroatoms. The van der Waals surface area contributed by atoms with Crippen molar-refractivity contribution in [2.24, 2.45) is 0 Å². The summed E-state index contributed by atoms with van der Waals surface area (Å²) in [5, 5.41) is 11.4. The predicted octanol–water partition coefficient (Wildman–Crippen LogP) is 1.39. The van der Waals surface area contributed by atoms with Gasteiger partial charge in [0.2, 0.25) is 0 Å². The Hall–Kier alpha value is -3.30. The number of morpholine rings is 1. The standard InChI is InChI=1S/C23H26BN7O/c1-15-3-2-4-19(27-15)22-21(18-6-5-17-20(28-18)13-16(24)14-26-17)23(30-29-22)25-7-8-31-9-11-32-12-10-31/h2-6,13-14H,7-12,24H2,1H3,(H2,25,29,30). The van der Waals surface area contributed by atoms with E-state index in [4.69, 9.17) is 14.7 Å². The van der Waals surface area contributed by atoms with Gasteiger partial charge < -0.3 is 10.1 Å². The number of aryl methyl sites for hydroxylation is 1. The van der Waals surface area contributed by atoms with Gasteiger partial charge in [-0.3, -0.25) is 20.0 Å². The summed E-state index contributed by atoms with van der Waals surface area (Å²) in [6.45, 7) is 7.25. The van der Waals surface area contributed by atoms with Crippen LogP contribution in [0, 0.1) is 6.92 Å². The van der Waals surface area contributed by atoms with Crippen LogP contribution in [0.2, 0.25) is 0 Å². The van der Waals surface area contributed by atoms with E-state index in [-0.39, 0.29) is 0 Å². The highest BCUT2D eigenvalue weighted by Gasteiger charge is 2.20. The summed E-state index contributed by atoms with van der Waals surface area (Å²) in [7, 11) is 2.03. The number of hydrogen-bond donors (Lipinski definition) is 2. The molecule has 4 aromatic heterocycles. The lowest BCUT2D eigenvalue weighted by Crippen LogP contribution is -2.39. The highest BCUT2D eigenvalue weighted by molar-refractivity contribution is 6.32. The molecule has 32 heavy (non-hydrogen) atoms. The predicted molar refractivity (Wildman–Crippen MR) is 129 cm³/mol. The van der Waals surface area contributed by atoms with Gasteiger partial charge in [-0.05, 0) is 37.3 Å². The second-order valence-electron chi connectivity index (χ2n) is 8.11. The smallest absolute Gasteiger partial charge is 0.141 e. The minimum Gasteiger partial charge on any atom is -0.379 e. The maximum absolute atomic E-state index is 5.45. The molecule has 0 spiro atoms. The first-order chi connectivity index (χ1) is 15.7. The number of fused-ring (bicyclic) bond motifs is 1.